The Balaban J connectivity index is 1.72. The summed E-state index contributed by atoms with van der Waals surface area (Å²) in [7, 11) is 0. The molecular formula is C22H16N2O3. The second-order valence-corrected chi connectivity index (χ2v) is 6.02. The lowest BCUT2D eigenvalue weighted by atomic mass is 9.99. The van der Waals surface area contributed by atoms with Crippen molar-refractivity contribution in [2.24, 2.45) is 0 Å². The van der Waals surface area contributed by atoms with Gasteiger partial charge in [-0.05, 0) is 18.2 Å². The van der Waals surface area contributed by atoms with Crippen molar-refractivity contribution >= 4 is 22.7 Å². The van der Waals surface area contributed by atoms with Crippen molar-refractivity contribution in [1.29, 1.82) is 0 Å². The molecule has 0 spiro atoms. The van der Waals surface area contributed by atoms with Crippen LogP contribution in [0.5, 0.6) is 0 Å². The molecule has 1 atom stereocenters. The topological polar surface area (TPSA) is 72.1 Å². The Hall–Kier alpha value is -3.73. The van der Waals surface area contributed by atoms with Gasteiger partial charge in [-0.2, -0.15) is 0 Å². The Bertz CT molecular complexity index is 1090. The molecule has 5 heteroatoms. The molecule has 0 saturated heterocycles. The number of carbonyl (C=O) groups is 2. The molecule has 0 radical (unpaired) electrons. The van der Waals surface area contributed by atoms with Crippen molar-refractivity contribution in [3.05, 3.63) is 102 Å². The first-order valence-corrected chi connectivity index (χ1v) is 8.51. The maximum atomic E-state index is 13.3. The van der Waals surface area contributed by atoms with Crippen LogP contribution in [-0.2, 0) is 4.74 Å². The van der Waals surface area contributed by atoms with Crippen LogP contribution in [0.4, 0.5) is 0 Å². The van der Waals surface area contributed by atoms with Crippen LogP contribution in [0.1, 0.15) is 32.5 Å². The number of nitrogens with zero attached hydrogens (tertiary/aromatic N) is 1. The third kappa shape index (κ3) is 3.35. The zero-order valence-electron chi connectivity index (χ0n) is 14.3. The number of esters is 1. The average molecular weight is 356 g/mol. The fourth-order valence-corrected chi connectivity index (χ4v) is 2.97. The Labute approximate surface area is 155 Å². The van der Waals surface area contributed by atoms with Crippen LogP contribution < -0.4 is 0 Å². The van der Waals surface area contributed by atoms with E-state index >= 15 is 0 Å². The van der Waals surface area contributed by atoms with Crippen LogP contribution >= 0.6 is 0 Å². The summed E-state index contributed by atoms with van der Waals surface area (Å²) in [6.07, 6.45) is 2.10. The van der Waals surface area contributed by atoms with Gasteiger partial charge in [-0.25, -0.2) is 9.78 Å². The van der Waals surface area contributed by atoms with Crippen LogP contribution in [0.3, 0.4) is 0 Å². The van der Waals surface area contributed by atoms with E-state index in [0.29, 0.717) is 11.1 Å². The summed E-state index contributed by atoms with van der Waals surface area (Å²) in [5.74, 6) is -0.930. The minimum Gasteiger partial charge on any atom is -0.444 e. The van der Waals surface area contributed by atoms with Crippen molar-refractivity contribution in [3.63, 3.8) is 0 Å². The number of aromatic amines is 1. The summed E-state index contributed by atoms with van der Waals surface area (Å²) < 4.78 is 5.59. The SMILES string of the molecule is O=C(OC(C(=O)c1c[nH]c2ccccc12)c1ccccc1)c1ccccn1. The molecule has 0 amide bonds. The third-order valence-electron chi connectivity index (χ3n) is 4.29. The van der Waals surface area contributed by atoms with Crippen molar-refractivity contribution in [2.45, 2.75) is 6.10 Å². The molecule has 0 aliphatic heterocycles. The van der Waals surface area contributed by atoms with Crippen LogP contribution in [0.25, 0.3) is 10.9 Å². The molecule has 4 rings (SSSR count). The maximum absolute atomic E-state index is 13.3. The molecule has 2 aromatic carbocycles. The summed E-state index contributed by atoms with van der Waals surface area (Å²) in [4.78, 5) is 32.9. The number of hydrogen-bond donors (Lipinski definition) is 1. The van der Waals surface area contributed by atoms with Gasteiger partial charge in [0.1, 0.15) is 5.69 Å². The van der Waals surface area contributed by atoms with E-state index in [1.165, 1.54) is 6.20 Å². The number of nitrogens with one attached hydrogen (secondary N) is 1. The molecule has 2 heterocycles. The van der Waals surface area contributed by atoms with Crippen LogP contribution in [0.15, 0.2) is 85.2 Å². The second kappa shape index (κ2) is 7.25. The molecule has 1 unspecified atom stereocenters. The number of ether oxygens (including phenoxy) is 1. The number of fused-ring (bicyclic) bond motifs is 1. The Morgan fingerprint density at radius 2 is 1.63 bits per heavy atom. The highest BCUT2D eigenvalue weighted by atomic mass is 16.5. The van der Waals surface area contributed by atoms with Gasteiger partial charge in [0.15, 0.2) is 6.10 Å². The Morgan fingerprint density at radius 1 is 0.889 bits per heavy atom. The maximum Gasteiger partial charge on any atom is 0.357 e. The molecule has 0 aliphatic carbocycles. The number of aromatic nitrogens is 2. The number of para-hydroxylation sites is 1. The summed E-state index contributed by atoms with van der Waals surface area (Å²) in [5.41, 5.74) is 2.10. The Morgan fingerprint density at radius 3 is 2.41 bits per heavy atom. The molecule has 2 aromatic heterocycles. The predicted molar refractivity (Wildman–Crippen MR) is 101 cm³/mol. The summed E-state index contributed by atoms with van der Waals surface area (Å²) >= 11 is 0. The first-order valence-electron chi connectivity index (χ1n) is 8.51. The average Bonchev–Trinajstić information content (AvgIpc) is 3.17. The van der Waals surface area contributed by atoms with Gasteiger partial charge in [0.05, 0.1) is 0 Å². The zero-order chi connectivity index (χ0) is 18.6. The minimum atomic E-state index is -1.06. The molecule has 132 valence electrons. The summed E-state index contributed by atoms with van der Waals surface area (Å²) in [6.45, 7) is 0. The lowest BCUT2D eigenvalue weighted by Crippen LogP contribution is -2.20. The van der Waals surface area contributed by atoms with E-state index in [0.717, 1.165) is 10.9 Å². The fourth-order valence-electron chi connectivity index (χ4n) is 2.97. The van der Waals surface area contributed by atoms with Crippen LogP contribution in [-0.4, -0.2) is 21.7 Å². The molecule has 0 aliphatic rings. The fraction of sp³-hybridized carbons (Fsp3) is 0.0455. The van der Waals surface area contributed by atoms with Gasteiger partial charge in [-0.3, -0.25) is 4.79 Å². The van der Waals surface area contributed by atoms with Gasteiger partial charge in [-0.15, -0.1) is 0 Å². The molecule has 0 saturated carbocycles. The Kier molecular flexibility index (Phi) is 4.49. The monoisotopic (exact) mass is 356 g/mol. The number of hydrogen-bond acceptors (Lipinski definition) is 4. The van der Waals surface area contributed by atoms with E-state index in [4.69, 9.17) is 4.74 Å². The van der Waals surface area contributed by atoms with E-state index in [2.05, 4.69) is 9.97 Å². The zero-order valence-corrected chi connectivity index (χ0v) is 14.3. The lowest BCUT2D eigenvalue weighted by molar-refractivity contribution is 0.0275. The van der Waals surface area contributed by atoms with Gasteiger partial charge in [0, 0.05) is 34.4 Å². The van der Waals surface area contributed by atoms with Crippen molar-refractivity contribution in [3.8, 4) is 0 Å². The van der Waals surface area contributed by atoms with Crippen LogP contribution in [0.2, 0.25) is 0 Å². The van der Waals surface area contributed by atoms with Crippen molar-refractivity contribution in [1.82, 2.24) is 9.97 Å². The summed E-state index contributed by atoms with van der Waals surface area (Å²) in [5, 5.41) is 0.789. The first kappa shape index (κ1) is 16.7. The number of ketones is 1. The standard InChI is InChI=1S/C22H16N2O3/c25-20(17-14-24-18-11-5-4-10-16(17)18)21(15-8-2-1-3-9-15)27-22(26)19-12-6-7-13-23-19/h1-14,21,24H. The third-order valence-corrected chi connectivity index (χ3v) is 4.29. The highest BCUT2D eigenvalue weighted by Crippen LogP contribution is 2.27. The predicted octanol–water partition coefficient (Wildman–Crippen LogP) is 4.34. The number of pyridine rings is 1. The number of Topliss-reactive ketones (excluding diaryl/α,β-unsaturated/α-hetero) is 1. The molecular weight excluding hydrogens is 340 g/mol. The van der Waals surface area contributed by atoms with E-state index < -0.39 is 12.1 Å². The van der Waals surface area contributed by atoms with Crippen LogP contribution in [0, 0.1) is 0 Å². The van der Waals surface area contributed by atoms with Gasteiger partial charge in [0.25, 0.3) is 0 Å². The van der Waals surface area contributed by atoms with E-state index in [1.54, 1.807) is 48.7 Å². The normalized spacial score (nSPS) is 11.9. The molecule has 5 nitrogen and oxygen atoms in total. The summed E-state index contributed by atoms with van der Waals surface area (Å²) in [6, 6.07) is 21.5. The van der Waals surface area contributed by atoms with Crippen molar-refractivity contribution in [2.75, 3.05) is 0 Å². The first-order chi connectivity index (χ1) is 13.2. The smallest absolute Gasteiger partial charge is 0.357 e. The number of H-pyrrole nitrogens is 1. The highest BCUT2D eigenvalue weighted by Gasteiger charge is 2.28. The lowest BCUT2D eigenvalue weighted by Gasteiger charge is -2.17. The number of carbonyl (C=O) groups excluding carboxylic acids is 2. The number of benzene rings is 2. The molecule has 4 aromatic rings. The molecule has 27 heavy (non-hydrogen) atoms. The second-order valence-electron chi connectivity index (χ2n) is 6.02. The van der Waals surface area contributed by atoms with Crippen molar-refractivity contribution < 1.29 is 14.3 Å². The van der Waals surface area contributed by atoms with Gasteiger partial charge in [0.2, 0.25) is 5.78 Å². The van der Waals surface area contributed by atoms with E-state index in [1.807, 2.05) is 30.3 Å². The molecule has 0 fully saturated rings. The minimum absolute atomic E-state index is 0.158. The van der Waals surface area contributed by atoms with Gasteiger partial charge >= 0.3 is 5.97 Å². The van der Waals surface area contributed by atoms with Gasteiger partial charge < -0.3 is 9.72 Å². The molecule has 0 bridgehead atoms. The quantitative estimate of drug-likeness (QED) is 0.426. The highest BCUT2D eigenvalue weighted by molar-refractivity contribution is 6.10. The van der Waals surface area contributed by atoms with Gasteiger partial charge in [-0.1, -0.05) is 54.6 Å². The molecule has 1 N–H and O–H groups in total. The van der Waals surface area contributed by atoms with E-state index in [9.17, 15) is 9.59 Å². The largest absolute Gasteiger partial charge is 0.444 e. The number of rotatable bonds is 5. The van der Waals surface area contributed by atoms with E-state index in [-0.39, 0.29) is 11.5 Å².